The van der Waals surface area contributed by atoms with E-state index in [0.717, 1.165) is 4.90 Å². The summed E-state index contributed by atoms with van der Waals surface area (Å²) in [5.74, 6) is -0.264. The summed E-state index contributed by atoms with van der Waals surface area (Å²) in [6.07, 6.45) is 1.82. The minimum Gasteiger partial charge on any atom is -0.489 e. The maximum atomic E-state index is 13.6. The largest absolute Gasteiger partial charge is 0.489 e. The summed E-state index contributed by atoms with van der Waals surface area (Å²) < 4.78 is 30.3. The van der Waals surface area contributed by atoms with Crippen LogP contribution in [0.3, 0.4) is 0 Å². The van der Waals surface area contributed by atoms with Gasteiger partial charge >= 0.3 is 11.8 Å². The molecule has 10 nitrogen and oxygen atoms in total. The van der Waals surface area contributed by atoms with Gasteiger partial charge in [0.25, 0.3) is 5.91 Å². The number of hydrogen-bond acceptors (Lipinski definition) is 8. The van der Waals surface area contributed by atoms with Crippen LogP contribution in [0.25, 0.3) is 0 Å². The molecule has 0 spiro atoms. The molecular formula is C23H25FN6O4S. The van der Waals surface area contributed by atoms with Crippen molar-refractivity contribution in [2.45, 2.75) is 31.7 Å². The minimum atomic E-state index is -0.424. The van der Waals surface area contributed by atoms with Crippen LogP contribution in [-0.2, 0) is 7.05 Å². The second-order valence-corrected chi connectivity index (χ2v) is 10.1. The predicted octanol–water partition coefficient (Wildman–Crippen LogP) is 2.94. The summed E-state index contributed by atoms with van der Waals surface area (Å²) in [5.41, 5.74) is 0.864. The highest BCUT2D eigenvalue weighted by Gasteiger charge is 2.47. The Kier molecular flexibility index (Phi) is 5.80. The van der Waals surface area contributed by atoms with Crippen molar-refractivity contribution in [2.75, 3.05) is 25.0 Å². The number of carbonyl (C=O) groups excluding carboxylic acids is 2. The molecular weight excluding hydrogens is 475 g/mol. The number of carbonyl (C=O) groups is 2. The van der Waals surface area contributed by atoms with Crippen molar-refractivity contribution in [2.24, 2.45) is 12.5 Å². The normalized spacial score (nSPS) is 21.5. The fourth-order valence-corrected chi connectivity index (χ4v) is 5.47. The molecule has 2 aromatic heterocycles. The van der Waals surface area contributed by atoms with Gasteiger partial charge in [0.05, 0.1) is 11.5 Å². The van der Waals surface area contributed by atoms with E-state index in [2.05, 4.69) is 20.2 Å². The molecule has 2 amide bonds. The maximum Gasteiger partial charge on any atom is 0.311 e. The zero-order chi connectivity index (χ0) is 24.9. The van der Waals surface area contributed by atoms with Crippen molar-refractivity contribution in [3.63, 3.8) is 0 Å². The quantitative estimate of drug-likeness (QED) is 0.528. The monoisotopic (exact) mass is 500 g/mol. The number of nitrogens with zero attached hydrogens (tertiary/aromatic N) is 4. The molecule has 1 fully saturated rings. The Hall–Kier alpha value is -3.38. The Morgan fingerprint density at radius 2 is 2.11 bits per heavy atom. The molecule has 2 N–H and O–H groups in total. The smallest absolute Gasteiger partial charge is 0.311 e. The second kappa shape index (κ2) is 8.68. The number of ether oxygens (including phenoxy) is 1. The number of aryl methyl sites for hydroxylation is 3. The molecule has 2 atom stereocenters. The Labute approximate surface area is 205 Å². The summed E-state index contributed by atoms with van der Waals surface area (Å²) in [6, 6.07) is 4.36. The van der Waals surface area contributed by atoms with Gasteiger partial charge in [0.2, 0.25) is 5.89 Å². The Morgan fingerprint density at radius 3 is 2.83 bits per heavy atom. The van der Waals surface area contributed by atoms with Crippen molar-refractivity contribution < 1.29 is 23.1 Å². The fraction of sp³-hybridized carbons (Fsp3) is 0.391. The van der Waals surface area contributed by atoms with Gasteiger partial charge in [-0.05, 0) is 42.6 Å². The van der Waals surface area contributed by atoms with E-state index in [-0.39, 0.29) is 36.2 Å². The van der Waals surface area contributed by atoms with Gasteiger partial charge in [0, 0.05) is 50.4 Å². The standard InChI is InChI=1S/C23H25FN6O4S/c1-12-7-14(5-6-15(12)24)25-20(31)18-19-16(8-29(18)4)35-28-17-9-30(10-23(17,3)11-33-19)22(32)21-27-26-13(2)34-21/h5-8,17,28H,9-11H2,1-4H3,(H,25,31)/t17-,23-/m1/s1. The van der Waals surface area contributed by atoms with Gasteiger partial charge in [-0.2, -0.15) is 0 Å². The van der Waals surface area contributed by atoms with Crippen molar-refractivity contribution in [1.82, 2.24) is 24.4 Å². The van der Waals surface area contributed by atoms with E-state index in [1.807, 2.05) is 13.1 Å². The molecule has 2 aliphatic heterocycles. The van der Waals surface area contributed by atoms with Crippen molar-refractivity contribution in [1.29, 1.82) is 0 Å². The molecule has 35 heavy (non-hydrogen) atoms. The number of benzene rings is 1. The first kappa shape index (κ1) is 23.4. The predicted molar refractivity (Wildman–Crippen MR) is 126 cm³/mol. The van der Waals surface area contributed by atoms with E-state index in [0.29, 0.717) is 41.7 Å². The van der Waals surface area contributed by atoms with Gasteiger partial charge in [0.1, 0.15) is 5.82 Å². The van der Waals surface area contributed by atoms with Gasteiger partial charge in [-0.1, -0.05) is 6.92 Å². The van der Waals surface area contributed by atoms with Gasteiger partial charge in [-0.25, -0.2) is 4.39 Å². The molecule has 0 bridgehead atoms. The second-order valence-electron chi connectivity index (χ2n) is 9.23. The summed E-state index contributed by atoms with van der Waals surface area (Å²) in [4.78, 5) is 28.5. The third-order valence-electron chi connectivity index (χ3n) is 6.38. The molecule has 0 unspecified atom stereocenters. The lowest BCUT2D eigenvalue weighted by Gasteiger charge is -2.32. The Balaban J connectivity index is 1.35. The van der Waals surface area contributed by atoms with Crippen LogP contribution in [0.4, 0.5) is 10.1 Å². The van der Waals surface area contributed by atoms with Crippen LogP contribution in [-0.4, -0.2) is 57.2 Å². The number of anilines is 1. The van der Waals surface area contributed by atoms with Crippen LogP contribution in [0.1, 0.15) is 39.6 Å². The van der Waals surface area contributed by atoms with Gasteiger partial charge in [0.15, 0.2) is 11.4 Å². The first-order valence-corrected chi connectivity index (χ1v) is 11.9. The molecule has 4 heterocycles. The number of hydrogen-bond donors (Lipinski definition) is 2. The molecule has 0 aliphatic carbocycles. The first-order chi connectivity index (χ1) is 16.6. The summed E-state index contributed by atoms with van der Waals surface area (Å²) in [5, 5.41) is 10.4. The van der Waals surface area contributed by atoms with Crippen LogP contribution < -0.4 is 14.8 Å². The zero-order valence-corrected chi connectivity index (χ0v) is 20.5. The van der Waals surface area contributed by atoms with Crippen LogP contribution >= 0.6 is 11.9 Å². The van der Waals surface area contributed by atoms with Crippen molar-refractivity contribution in [3.8, 4) is 5.75 Å². The van der Waals surface area contributed by atoms with Crippen LogP contribution in [0.2, 0.25) is 0 Å². The minimum absolute atomic E-state index is 0.0344. The lowest BCUT2D eigenvalue weighted by Crippen LogP contribution is -2.44. The molecule has 3 aromatic rings. The summed E-state index contributed by atoms with van der Waals surface area (Å²) in [6.45, 7) is 6.46. The molecule has 5 rings (SSSR count). The molecule has 1 aromatic carbocycles. The molecule has 2 aliphatic rings. The number of rotatable bonds is 3. The average molecular weight is 501 g/mol. The molecule has 0 radical (unpaired) electrons. The zero-order valence-electron chi connectivity index (χ0n) is 19.7. The van der Waals surface area contributed by atoms with Crippen molar-refractivity contribution >= 4 is 29.4 Å². The first-order valence-electron chi connectivity index (χ1n) is 11.1. The lowest BCUT2D eigenvalue weighted by molar-refractivity contribution is 0.0717. The highest BCUT2D eigenvalue weighted by atomic mass is 32.2. The van der Waals surface area contributed by atoms with Crippen LogP contribution in [0, 0.1) is 25.1 Å². The van der Waals surface area contributed by atoms with E-state index in [1.165, 1.54) is 24.1 Å². The molecule has 184 valence electrons. The van der Waals surface area contributed by atoms with Crippen LogP contribution in [0.5, 0.6) is 5.75 Å². The van der Waals surface area contributed by atoms with Gasteiger partial charge in [-0.15, -0.1) is 10.2 Å². The maximum absolute atomic E-state index is 13.6. The third-order valence-corrected chi connectivity index (χ3v) is 7.30. The topological polar surface area (TPSA) is 115 Å². The fourth-order valence-electron chi connectivity index (χ4n) is 4.39. The van der Waals surface area contributed by atoms with Crippen molar-refractivity contribution in [3.05, 3.63) is 53.3 Å². The number of likely N-dealkylation sites (tertiary alicyclic amines) is 1. The third kappa shape index (κ3) is 4.27. The number of halogens is 1. The molecule has 1 saturated heterocycles. The number of amides is 2. The average Bonchev–Trinajstić information content (AvgIpc) is 3.47. The van der Waals surface area contributed by atoms with Gasteiger partial charge < -0.3 is 23.9 Å². The lowest BCUT2D eigenvalue weighted by atomic mass is 9.87. The summed E-state index contributed by atoms with van der Waals surface area (Å²) in [7, 11) is 1.77. The van der Waals surface area contributed by atoms with E-state index in [9.17, 15) is 14.0 Å². The van der Waals surface area contributed by atoms with Gasteiger partial charge in [-0.3, -0.25) is 14.3 Å². The Morgan fingerprint density at radius 1 is 1.31 bits per heavy atom. The highest BCUT2D eigenvalue weighted by Crippen LogP contribution is 2.41. The Bertz CT molecular complexity index is 1320. The molecule has 0 saturated carbocycles. The molecule has 12 heteroatoms. The number of nitrogens with one attached hydrogen (secondary N) is 2. The number of aromatic nitrogens is 3. The van der Waals surface area contributed by atoms with Crippen LogP contribution in [0.15, 0.2) is 33.7 Å². The highest BCUT2D eigenvalue weighted by molar-refractivity contribution is 7.97. The van der Waals surface area contributed by atoms with E-state index >= 15 is 0 Å². The SMILES string of the molecule is Cc1nnc(C(=O)N2C[C@H]3NSc4cn(C)c(C(=O)Nc5ccc(F)c(C)c5)c4OC[C@@]3(C)C2)o1. The number of fused-ring (bicyclic) bond motifs is 2. The van der Waals surface area contributed by atoms with E-state index in [4.69, 9.17) is 9.15 Å². The van der Waals surface area contributed by atoms with E-state index < -0.39 is 5.41 Å². The summed E-state index contributed by atoms with van der Waals surface area (Å²) >= 11 is 1.36. The van der Waals surface area contributed by atoms with E-state index in [1.54, 1.807) is 36.4 Å².